The van der Waals surface area contributed by atoms with Gasteiger partial charge in [0, 0.05) is 12.2 Å². The van der Waals surface area contributed by atoms with Crippen LogP contribution in [0.15, 0.2) is 67.8 Å². The van der Waals surface area contributed by atoms with E-state index in [4.69, 9.17) is 9.47 Å². The van der Waals surface area contributed by atoms with Gasteiger partial charge < -0.3 is 24.4 Å². The third-order valence-electron chi connectivity index (χ3n) is 8.41. The number of benzene rings is 2. The Hall–Kier alpha value is -3.49. The highest BCUT2D eigenvalue weighted by Gasteiger charge is 2.79. The lowest BCUT2D eigenvalue weighted by Crippen LogP contribution is -2.58. The van der Waals surface area contributed by atoms with Gasteiger partial charge in [0.1, 0.15) is 24.2 Å². The van der Waals surface area contributed by atoms with Gasteiger partial charge in [0.15, 0.2) is 0 Å². The smallest absolute Gasteiger partial charge is 0.313 e. The first kappa shape index (κ1) is 26.1. The molecule has 8 heteroatoms. The van der Waals surface area contributed by atoms with Crippen LogP contribution in [0.3, 0.4) is 0 Å². The maximum Gasteiger partial charge on any atom is 0.313 e. The fraction of sp³-hybridized carbons (Fsp3) is 0.433. The van der Waals surface area contributed by atoms with E-state index < -0.39 is 41.1 Å². The monoisotopic (exact) mass is 518 g/mol. The second kappa shape index (κ2) is 9.67. The molecule has 0 saturated carbocycles. The van der Waals surface area contributed by atoms with E-state index in [-0.39, 0.29) is 31.6 Å². The van der Waals surface area contributed by atoms with E-state index in [1.807, 2.05) is 49.4 Å². The molecule has 8 nitrogen and oxygen atoms in total. The fourth-order valence-corrected chi connectivity index (χ4v) is 6.74. The molecule has 3 aliphatic rings. The van der Waals surface area contributed by atoms with Crippen LogP contribution in [0.4, 0.5) is 5.69 Å². The number of likely N-dealkylation sites (tertiary alicyclic amines) is 1. The molecule has 3 fully saturated rings. The first-order chi connectivity index (χ1) is 18.2. The van der Waals surface area contributed by atoms with Crippen LogP contribution in [0.1, 0.15) is 26.7 Å². The number of esters is 1. The zero-order chi connectivity index (χ0) is 27.2. The minimum atomic E-state index is -1.21. The van der Waals surface area contributed by atoms with Crippen LogP contribution in [-0.4, -0.2) is 70.8 Å². The Kier molecular flexibility index (Phi) is 6.65. The molecule has 2 aromatic carbocycles. The molecular weight excluding hydrogens is 484 g/mol. The molecule has 2 unspecified atom stereocenters. The van der Waals surface area contributed by atoms with Crippen molar-refractivity contribution >= 4 is 34.2 Å². The number of hydrogen-bond donors (Lipinski definition) is 1. The molecule has 38 heavy (non-hydrogen) atoms. The number of ether oxygens (including phenoxy) is 2. The second-order valence-corrected chi connectivity index (χ2v) is 10.7. The first-order valence-electron chi connectivity index (χ1n) is 13.0. The predicted octanol–water partition coefficient (Wildman–Crippen LogP) is 3.23. The summed E-state index contributed by atoms with van der Waals surface area (Å²) < 4.78 is 12.0. The molecular formula is C30H34N2O6. The summed E-state index contributed by atoms with van der Waals surface area (Å²) in [6.45, 7) is 10.9. The van der Waals surface area contributed by atoms with Crippen LogP contribution >= 0.6 is 0 Å². The number of anilines is 1. The van der Waals surface area contributed by atoms with Crippen LogP contribution < -0.4 is 4.90 Å². The van der Waals surface area contributed by atoms with E-state index in [2.05, 4.69) is 13.2 Å². The number of amides is 2. The van der Waals surface area contributed by atoms with Crippen LogP contribution in [0.25, 0.3) is 10.8 Å². The number of carbonyl (C=O) groups is 3. The third kappa shape index (κ3) is 3.77. The molecule has 5 rings (SSSR count). The van der Waals surface area contributed by atoms with E-state index in [0.29, 0.717) is 18.5 Å². The Morgan fingerprint density at radius 2 is 1.95 bits per heavy atom. The quantitative estimate of drug-likeness (QED) is 0.405. The average molecular weight is 519 g/mol. The van der Waals surface area contributed by atoms with Gasteiger partial charge in [-0.15, -0.1) is 6.58 Å². The summed E-state index contributed by atoms with van der Waals surface area (Å²) >= 11 is 0. The van der Waals surface area contributed by atoms with Gasteiger partial charge in [-0.1, -0.05) is 49.1 Å². The van der Waals surface area contributed by atoms with Crippen molar-refractivity contribution in [1.29, 1.82) is 0 Å². The van der Waals surface area contributed by atoms with E-state index in [1.165, 1.54) is 11.0 Å². The molecule has 3 heterocycles. The van der Waals surface area contributed by atoms with Gasteiger partial charge in [-0.2, -0.15) is 0 Å². The molecule has 6 atom stereocenters. The maximum absolute atomic E-state index is 14.5. The summed E-state index contributed by atoms with van der Waals surface area (Å²) in [7, 11) is 0. The minimum absolute atomic E-state index is 0.0213. The number of aliphatic hydroxyl groups excluding tert-OH is 1. The summed E-state index contributed by atoms with van der Waals surface area (Å²) in [5.74, 6) is -2.98. The van der Waals surface area contributed by atoms with Crippen LogP contribution in [0.5, 0.6) is 0 Å². The molecule has 0 aromatic heterocycles. The molecule has 2 aromatic rings. The SMILES string of the molecule is C=CCOC(=O)[C@H]1[C@H]2C(=O)N([C@H](C)CO)C(C(=O)N(CC=C)c3ccc4ccccc4c3)C23CC[C@]1(C)O3. The molecule has 2 bridgehead atoms. The van der Waals surface area contributed by atoms with Gasteiger partial charge in [0.05, 0.1) is 24.2 Å². The van der Waals surface area contributed by atoms with E-state index >= 15 is 0 Å². The summed E-state index contributed by atoms with van der Waals surface area (Å²) in [5.41, 5.74) is -1.48. The lowest BCUT2D eigenvalue weighted by atomic mass is 9.66. The number of nitrogens with zero attached hydrogens (tertiary/aromatic N) is 2. The molecule has 200 valence electrons. The summed E-state index contributed by atoms with van der Waals surface area (Å²) in [6, 6.07) is 12.0. The fourth-order valence-electron chi connectivity index (χ4n) is 6.74. The van der Waals surface area contributed by atoms with Crippen molar-refractivity contribution in [1.82, 2.24) is 4.90 Å². The highest BCUT2D eigenvalue weighted by atomic mass is 16.6. The average Bonchev–Trinajstić information content (AvgIpc) is 3.50. The summed E-state index contributed by atoms with van der Waals surface area (Å²) in [6.07, 6.45) is 4.06. The van der Waals surface area contributed by atoms with Crippen molar-refractivity contribution in [2.45, 2.75) is 50.0 Å². The van der Waals surface area contributed by atoms with Crippen LogP contribution in [0, 0.1) is 11.8 Å². The standard InChI is InChI=1S/C30H34N2O6/c1-5-15-31(22-12-11-20-9-7-8-10-21(20)17-22)27(35)25-30-14-13-29(4,38-30)24(28(36)37-16-6-2)23(30)26(34)32(25)19(3)18-33/h5-12,17,19,23-25,33H,1-2,13-16,18H2,3-4H3/t19-,23+,24-,25?,29+,30?/m1/s1. The Balaban J connectivity index is 1.60. The topological polar surface area (TPSA) is 96.4 Å². The van der Waals surface area contributed by atoms with Crippen molar-refractivity contribution in [3.05, 3.63) is 67.8 Å². The number of fused-ring (bicyclic) bond motifs is 2. The first-order valence-corrected chi connectivity index (χ1v) is 13.0. The minimum Gasteiger partial charge on any atom is -0.461 e. The Morgan fingerprint density at radius 1 is 1.21 bits per heavy atom. The number of hydrogen-bond acceptors (Lipinski definition) is 6. The molecule has 3 aliphatic heterocycles. The van der Waals surface area contributed by atoms with Crippen molar-refractivity contribution < 1.29 is 29.0 Å². The number of carbonyl (C=O) groups excluding carboxylic acids is 3. The number of rotatable bonds is 9. The van der Waals surface area contributed by atoms with E-state index in [0.717, 1.165) is 10.8 Å². The molecule has 1 spiro atoms. The molecule has 0 aliphatic carbocycles. The van der Waals surface area contributed by atoms with Crippen molar-refractivity contribution in [2.24, 2.45) is 11.8 Å². The molecule has 3 saturated heterocycles. The van der Waals surface area contributed by atoms with Gasteiger partial charge in [-0.3, -0.25) is 14.4 Å². The molecule has 0 radical (unpaired) electrons. The van der Waals surface area contributed by atoms with E-state index in [1.54, 1.807) is 17.9 Å². The maximum atomic E-state index is 14.5. The predicted molar refractivity (Wildman–Crippen MR) is 143 cm³/mol. The van der Waals surface area contributed by atoms with Crippen LogP contribution in [-0.2, 0) is 23.9 Å². The second-order valence-electron chi connectivity index (χ2n) is 10.7. The molecule has 1 N–H and O–H groups in total. The van der Waals surface area contributed by atoms with Crippen molar-refractivity contribution in [2.75, 3.05) is 24.7 Å². The summed E-state index contributed by atoms with van der Waals surface area (Å²) in [5, 5.41) is 12.1. The lowest BCUT2D eigenvalue weighted by molar-refractivity contribution is -0.159. The van der Waals surface area contributed by atoms with Gasteiger partial charge >= 0.3 is 5.97 Å². The highest BCUT2D eigenvalue weighted by Crippen LogP contribution is 2.63. The van der Waals surface area contributed by atoms with Gasteiger partial charge in [-0.05, 0) is 49.6 Å². The zero-order valence-corrected chi connectivity index (χ0v) is 21.8. The van der Waals surface area contributed by atoms with Gasteiger partial charge in [-0.25, -0.2) is 0 Å². The molecule has 2 amide bonds. The third-order valence-corrected chi connectivity index (χ3v) is 8.41. The Bertz CT molecular complexity index is 1310. The van der Waals surface area contributed by atoms with Crippen LogP contribution in [0.2, 0.25) is 0 Å². The lowest BCUT2D eigenvalue weighted by Gasteiger charge is -2.38. The van der Waals surface area contributed by atoms with Gasteiger partial charge in [0.25, 0.3) is 5.91 Å². The zero-order valence-electron chi connectivity index (χ0n) is 21.8. The van der Waals surface area contributed by atoms with Crippen molar-refractivity contribution in [3.63, 3.8) is 0 Å². The van der Waals surface area contributed by atoms with Crippen molar-refractivity contribution in [3.8, 4) is 0 Å². The van der Waals surface area contributed by atoms with Gasteiger partial charge in [0.2, 0.25) is 5.91 Å². The normalized spacial score (nSPS) is 30.2. The van der Waals surface area contributed by atoms with E-state index in [9.17, 15) is 19.5 Å². The Labute approximate surface area is 222 Å². The summed E-state index contributed by atoms with van der Waals surface area (Å²) in [4.78, 5) is 44.8. The highest BCUT2D eigenvalue weighted by molar-refractivity contribution is 6.05. The number of aliphatic hydroxyl groups is 1. The largest absolute Gasteiger partial charge is 0.461 e. The Morgan fingerprint density at radius 3 is 2.63 bits per heavy atom.